The SMILES string of the molecule is CCn1c(SCC(=O)Nc2ccc(C3CC3)cc2)nnc1C1C=CC=NC1. The number of aromatic nitrogens is 3. The number of nitrogens with zero attached hydrogens (tertiary/aromatic N) is 4. The molecule has 1 aliphatic carbocycles. The van der Waals surface area contributed by atoms with Gasteiger partial charge in [-0.3, -0.25) is 9.79 Å². The fourth-order valence-electron chi connectivity index (χ4n) is 3.21. The number of carbonyl (C=O) groups excluding carboxylic acids is 1. The summed E-state index contributed by atoms with van der Waals surface area (Å²) in [6.45, 7) is 3.52. The van der Waals surface area contributed by atoms with Crippen LogP contribution in [0.5, 0.6) is 0 Å². The van der Waals surface area contributed by atoms with Gasteiger partial charge in [-0.15, -0.1) is 10.2 Å². The molecule has 7 heteroatoms. The largest absolute Gasteiger partial charge is 0.325 e. The molecule has 2 aliphatic rings. The molecular weight excluding hydrogens is 358 g/mol. The lowest BCUT2D eigenvalue weighted by Crippen LogP contribution is -2.15. The van der Waals surface area contributed by atoms with Crippen LogP contribution < -0.4 is 5.32 Å². The minimum Gasteiger partial charge on any atom is -0.325 e. The Morgan fingerprint density at radius 1 is 1.26 bits per heavy atom. The number of dihydropyridines is 1. The fraction of sp³-hybridized carbons (Fsp3) is 0.400. The Hall–Kier alpha value is -2.41. The van der Waals surface area contributed by atoms with E-state index in [9.17, 15) is 4.79 Å². The molecule has 1 aliphatic heterocycles. The van der Waals surface area contributed by atoms with Crippen molar-refractivity contribution in [3.05, 3.63) is 47.8 Å². The highest BCUT2D eigenvalue weighted by Crippen LogP contribution is 2.40. The Morgan fingerprint density at radius 2 is 2.07 bits per heavy atom. The number of carbonyl (C=O) groups is 1. The molecular formula is C20H23N5OS. The zero-order valence-corrected chi connectivity index (χ0v) is 16.2. The van der Waals surface area contributed by atoms with Gasteiger partial charge in [-0.25, -0.2) is 0 Å². The van der Waals surface area contributed by atoms with E-state index >= 15 is 0 Å². The van der Waals surface area contributed by atoms with Gasteiger partial charge in [0.15, 0.2) is 5.16 Å². The topological polar surface area (TPSA) is 72.2 Å². The first kappa shape index (κ1) is 18.0. The second-order valence-electron chi connectivity index (χ2n) is 6.82. The van der Waals surface area contributed by atoms with Gasteiger partial charge in [0, 0.05) is 18.4 Å². The summed E-state index contributed by atoms with van der Waals surface area (Å²) in [5.74, 6) is 2.05. The van der Waals surface area contributed by atoms with Crippen molar-refractivity contribution in [1.29, 1.82) is 0 Å². The lowest BCUT2D eigenvalue weighted by molar-refractivity contribution is -0.113. The number of hydrogen-bond acceptors (Lipinski definition) is 5. The maximum atomic E-state index is 12.3. The van der Waals surface area contributed by atoms with Crippen molar-refractivity contribution in [2.24, 2.45) is 4.99 Å². The first-order valence-corrected chi connectivity index (χ1v) is 10.4. The fourth-order valence-corrected chi connectivity index (χ4v) is 4.02. The summed E-state index contributed by atoms with van der Waals surface area (Å²) in [7, 11) is 0. The van der Waals surface area contributed by atoms with Crippen molar-refractivity contribution in [3.8, 4) is 0 Å². The van der Waals surface area contributed by atoms with Gasteiger partial charge >= 0.3 is 0 Å². The highest BCUT2D eigenvalue weighted by atomic mass is 32.2. The van der Waals surface area contributed by atoms with E-state index in [0.29, 0.717) is 12.3 Å². The monoisotopic (exact) mass is 381 g/mol. The van der Waals surface area contributed by atoms with Crippen LogP contribution in [-0.4, -0.2) is 39.2 Å². The maximum absolute atomic E-state index is 12.3. The molecule has 1 atom stereocenters. The number of nitrogens with one attached hydrogen (secondary N) is 1. The van der Waals surface area contributed by atoms with Crippen LogP contribution in [0.1, 0.15) is 43.0 Å². The van der Waals surface area contributed by atoms with E-state index < -0.39 is 0 Å². The van der Waals surface area contributed by atoms with Crippen LogP contribution in [0.25, 0.3) is 0 Å². The van der Waals surface area contributed by atoms with Gasteiger partial charge in [0.05, 0.1) is 18.2 Å². The molecule has 6 nitrogen and oxygen atoms in total. The van der Waals surface area contributed by atoms with E-state index in [4.69, 9.17) is 0 Å². The summed E-state index contributed by atoms with van der Waals surface area (Å²) >= 11 is 1.42. The summed E-state index contributed by atoms with van der Waals surface area (Å²) in [4.78, 5) is 16.6. The molecule has 1 amide bonds. The predicted molar refractivity (Wildman–Crippen MR) is 109 cm³/mol. The highest BCUT2D eigenvalue weighted by molar-refractivity contribution is 7.99. The lowest BCUT2D eigenvalue weighted by atomic mass is 10.1. The second-order valence-corrected chi connectivity index (χ2v) is 7.77. The summed E-state index contributed by atoms with van der Waals surface area (Å²) in [5, 5.41) is 12.4. The van der Waals surface area contributed by atoms with Crippen LogP contribution in [-0.2, 0) is 11.3 Å². The van der Waals surface area contributed by atoms with E-state index in [1.54, 1.807) is 6.21 Å². The maximum Gasteiger partial charge on any atom is 0.234 e. The Labute approximate surface area is 163 Å². The first-order valence-electron chi connectivity index (χ1n) is 9.37. The number of thioether (sulfide) groups is 1. The molecule has 0 bridgehead atoms. The second kappa shape index (κ2) is 8.08. The Balaban J connectivity index is 1.35. The number of benzene rings is 1. The minimum absolute atomic E-state index is 0.0338. The minimum atomic E-state index is -0.0338. The summed E-state index contributed by atoms with van der Waals surface area (Å²) in [6, 6.07) is 8.19. The molecule has 1 fully saturated rings. The van der Waals surface area contributed by atoms with Crippen LogP contribution in [0.2, 0.25) is 0 Å². The van der Waals surface area contributed by atoms with Crippen LogP contribution in [0.15, 0.2) is 46.6 Å². The zero-order valence-electron chi connectivity index (χ0n) is 15.3. The predicted octanol–water partition coefficient (Wildman–Crippen LogP) is 3.63. The molecule has 4 rings (SSSR count). The number of aliphatic imine (C=N–C) groups is 1. The van der Waals surface area contributed by atoms with Crippen molar-refractivity contribution in [1.82, 2.24) is 14.8 Å². The number of anilines is 1. The molecule has 0 saturated heterocycles. The van der Waals surface area contributed by atoms with E-state index in [0.717, 1.165) is 29.1 Å². The van der Waals surface area contributed by atoms with Crippen molar-refractivity contribution >= 4 is 29.6 Å². The standard InChI is InChI=1S/C20H23N5OS/c1-2-25-19(16-4-3-11-21-12-16)23-24-20(25)27-13-18(26)22-17-9-7-15(8-10-17)14-5-6-14/h3-4,7-11,14,16H,2,5-6,12-13H2,1H3,(H,22,26). The quantitative estimate of drug-likeness (QED) is 0.744. The van der Waals surface area contributed by atoms with E-state index in [1.807, 2.05) is 18.2 Å². The number of hydrogen-bond donors (Lipinski definition) is 1. The summed E-state index contributed by atoms with van der Waals surface area (Å²) < 4.78 is 2.07. The first-order chi connectivity index (χ1) is 13.2. The Morgan fingerprint density at radius 3 is 2.74 bits per heavy atom. The van der Waals surface area contributed by atoms with Crippen LogP contribution in [0.4, 0.5) is 5.69 Å². The molecule has 1 saturated carbocycles. The average Bonchev–Trinajstić information content (AvgIpc) is 3.47. The number of allylic oxidation sites excluding steroid dienone is 1. The van der Waals surface area contributed by atoms with Crippen molar-refractivity contribution in [2.45, 2.75) is 43.3 Å². The van der Waals surface area contributed by atoms with Crippen molar-refractivity contribution < 1.29 is 4.79 Å². The van der Waals surface area contributed by atoms with Crippen molar-refractivity contribution in [3.63, 3.8) is 0 Å². The molecule has 1 N–H and O–H groups in total. The lowest BCUT2D eigenvalue weighted by Gasteiger charge is -2.13. The van der Waals surface area contributed by atoms with Gasteiger partial charge in [-0.1, -0.05) is 30.0 Å². The summed E-state index contributed by atoms with van der Waals surface area (Å²) in [5.41, 5.74) is 2.21. The zero-order chi connectivity index (χ0) is 18.6. The molecule has 27 heavy (non-hydrogen) atoms. The average molecular weight is 382 g/mol. The molecule has 2 heterocycles. The third kappa shape index (κ3) is 4.30. The van der Waals surface area contributed by atoms with Crippen molar-refractivity contribution in [2.75, 3.05) is 17.6 Å². The molecule has 1 aromatic heterocycles. The van der Waals surface area contributed by atoms with Crippen LogP contribution in [0.3, 0.4) is 0 Å². The number of amides is 1. The Kier molecular flexibility index (Phi) is 5.38. The molecule has 1 aromatic carbocycles. The van der Waals surface area contributed by atoms with Gasteiger partial charge in [-0.2, -0.15) is 0 Å². The smallest absolute Gasteiger partial charge is 0.234 e. The normalized spacial score (nSPS) is 18.6. The van der Waals surface area contributed by atoms with Gasteiger partial charge in [-0.05, 0) is 49.5 Å². The van der Waals surface area contributed by atoms with Gasteiger partial charge in [0.1, 0.15) is 5.82 Å². The van der Waals surface area contributed by atoms with E-state index in [-0.39, 0.29) is 11.8 Å². The highest BCUT2D eigenvalue weighted by Gasteiger charge is 2.23. The molecule has 140 valence electrons. The van der Waals surface area contributed by atoms with E-state index in [1.165, 1.54) is 30.2 Å². The molecule has 1 unspecified atom stereocenters. The molecule has 2 aromatic rings. The number of rotatable bonds is 7. The van der Waals surface area contributed by atoms with Gasteiger partial charge in [0.25, 0.3) is 0 Å². The third-order valence-corrected chi connectivity index (χ3v) is 5.77. The summed E-state index contributed by atoms with van der Waals surface area (Å²) in [6.07, 6.45) is 8.41. The molecule has 0 spiro atoms. The molecule has 0 radical (unpaired) electrons. The third-order valence-electron chi connectivity index (χ3n) is 4.81. The van der Waals surface area contributed by atoms with Gasteiger partial charge in [0.2, 0.25) is 5.91 Å². The van der Waals surface area contributed by atoms with E-state index in [2.05, 4.69) is 50.2 Å². The van der Waals surface area contributed by atoms with Gasteiger partial charge < -0.3 is 9.88 Å². The van der Waals surface area contributed by atoms with Crippen LogP contribution in [0, 0.1) is 0 Å². The van der Waals surface area contributed by atoms with Crippen LogP contribution >= 0.6 is 11.8 Å². The Bertz CT molecular complexity index is 867.